The zero-order chi connectivity index (χ0) is 16.4. The molecule has 0 radical (unpaired) electrons. The Balaban J connectivity index is 2.03. The van der Waals surface area contributed by atoms with Gasteiger partial charge in [-0.3, -0.25) is 14.9 Å². The van der Waals surface area contributed by atoms with Gasteiger partial charge in [0.2, 0.25) is 0 Å². The monoisotopic (exact) mass is 311 g/mol. The van der Waals surface area contributed by atoms with E-state index in [2.05, 4.69) is 5.32 Å². The second-order valence-corrected chi connectivity index (χ2v) is 5.70. The Bertz CT molecular complexity index is 769. The maximum absolute atomic E-state index is 12.4. The highest BCUT2D eigenvalue weighted by atomic mass is 16.6. The number of amides is 1. The molecule has 0 spiro atoms. The van der Waals surface area contributed by atoms with E-state index in [1.807, 2.05) is 0 Å². The van der Waals surface area contributed by atoms with Crippen molar-refractivity contribution < 1.29 is 9.72 Å². The molecule has 3 rings (SSSR count). The first kappa shape index (κ1) is 15.0. The van der Waals surface area contributed by atoms with Crippen molar-refractivity contribution in [3.05, 3.63) is 58.1 Å². The number of nitrogen functional groups attached to an aromatic ring is 1. The third-order valence-corrected chi connectivity index (χ3v) is 3.96. The molecule has 6 nitrogen and oxygen atoms in total. The van der Waals surface area contributed by atoms with Crippen LogP contribution in [0.2, 0.25) is 0 Å². The summed E-state index contributed by atoms with van der Waals surface area (Å²) in [6, 6.07) is 11.3. The lowest BCUT2D eigenvalue weighted by Crippen LogP contribution is -2.26. The molecule has 2 aromatic carbocycles. The molecule has 0 bridgehead atoms. The van der Waals surface area contributed by atoms with E-state index in [0.29, 0.717) is 23.6 Å². The number of anilines is 1. The lowest BCUT2D eigenvalue weighted by Gasteiger charge is -2.12. The summed E-state index contributed by atoms with van der Waals surface area (Å²) in [6.45, 7) is 0.638. The Morgan fingerprint density at radius 2 is 1.96 bits per heavy atom. The van der Waals surface area contributed by atoms with Crippen LogP contribution in [0.5, 0.6) is 0 Å². The largest absolute Gasteiger partial charge is 0.398 e. The number of nitro benzene ring substituents is 1. The number of hydrogen-bond acceptors (Lipinski definition) is 4. The predicted molar refractivity (Wildman–Crippen MR) is 88.0 cm³/mol. The standard InChI is InChI=1S/C17H17N3O3/c18-14-6-3-7-15(20(22)23)16(14)12-4-1-2-5-13(12)17(21)19-10-11-8-9-11/h1-7,11H,8-10,18H2,(H,19,21). The molecule has 2 aromatic rings. The highest BCUT2D eigenvalue weighted by Crippen LogP contribution is 2.37. The summed E-state index contributed by atoms with van der Waals surface area (Å²) in [5, 5.41) is 14.2. The molecule has 118 valence electrons. The summed E-state index contributed by atoms with van der Waals surface area (Å²) in [4.78, 5) is 23.3. The number of rotatable bonds is 5. The fourth-order valence-electron chi connectivity index (χ4n) is 2.56. The number of nitrogens with zero attached hydrogens (tertiary/aromatic N) is 1. The topological polar surface area (TPSA) is 98.3 Å². The van der Waals surface area contributed by atoms with Crippen LogP contribution in [-0.4, -0.2) is 17.4 Å². The van der Waals surface area contributed by atoms with E-state index in [4.69, 9.17) is 5.73 Å². The molecule has 23 heavy (non-hydrogen) atoms. The number of nitrogens with two attached hydrogens (primary N) is 1. The molecular formula is C17H17N3O3. The van der Waals surface area contributed by atoms with Crippen LogP contribution in [0.4, 0.5) is 11.4 Å². The molecule has 1 fully saturated rings. The second-order valence-electron chi connectivity index (χ2n) is 5.70. The maximum atomic E-state index is 12.4. The van der Waals surface area contributed by atoms with Gasteiger partial charge in [0.1, 0.15) is 0 Å². The lowest BCUT2D eigenvalue weighted by atomic mass is 9.96. The van der Waals surface area contributed by atoms with Crippen LogP contribution in [0.1, 0.15) is 23.2 Å². The molecular weight excluding hydrogens is 294 g/mol. The molecule has 1 aliphatic rings. The first-order valence-electron chi connectivity index (χ1n) is 7.48. The van der Waals surface area contributed by atoms with Crippen molar-refractivity contribution in [3.8, 4) is 11.1 Å². The number of carbonyl (C=O) groups is 1. The number of hydrogen-bond donors (Lipinski definition) is 2. The number of nitrogens with one attached hydrogen (secondary N) is 1. The zero-order valence-electron chi connectivity index (χ0n) is 12.5. The van der Waals surface area contributed by atoms with Crippen molar-refractivity contribution in [1.82, 2.24) is 5.32 Å². The summed E-state index contributed by atoms with van der Waals surface area (Å²) < 4.78 is 0. The van der Waals surface area contributed by atoms with Gasteiger partial charge in [0.25, 0.3) is 11.6 Å². The highest BCUT2D eigenvalue weighted by Gasteiger charge is 2.25. The van der Waals surface area contributed by atoms with Crippen LogP contribution >= 0.6 is 0 Å². The summed E-state index contributed by atoms with van der Waals surface area (Å²) in [5.74, 6) is 0.326. The van der Waals surface area contributed by atoms with E-state index in [1.165, 1.54) is 12.1 Å². The molecule has 3 N–H and O–H groups in total. The fourth-order valence-corrected chi connectivity index (χ4v) is 2.56. The molecule has 1 amide bonds. The third-order valence-electron chi connectivity index (χ3n) is 3.96. The van der Waals surface area contributed by atoms with Crippen LogP contribution in [0, 0.1) is 16.0 Å². The highest BCUT2D eigenvalue weighted by molar-refractivity contribution is 6.03. The van der Waals surface area contributed by atoms with Gasteiger partial charge in [0.05, 0.1) is 10.5 Å². The van der Waals surface area contributed by atoms with Gasteiger partial charge in [-0.05, 0) is 30.9 Å². The van der Waals surface area contributed by atoms with Gasteiger partial charge in [-0.1, -0.05) is 24.3 Å². The smallest absolute Gasteiger partial charge is 0.279 e. The molecule has 0 aliphatic heterocycles. The minimum absolute atomic E-state index is 0.104. The van der Waals surface area contributed by atoms with Crippen molar-refractivity contribution in [1.29, 1.82) is 0 Å². The molecule has 0 unspecified atom stereocenters. The lowest BCUT2D eigenvalue weighted by molar-refractivity contribution is -0.384. The number of nitro groups is 1. The van der Waals surface area contributed by atoms with E-state index < -0.39 is 4.92 Å². The van der Waals surface area contributed by atoms with Crippen molar-refractivity contribution in [2.45, 2.75) is 12.8 Å². The normalized spacial score (nSPS) is 13.6. The van der Waals surface area contributed by atoms with Gasteiger partial charge in [-0.2, -0.15) is 0 Å². The average molecular weight is 311 g/mol. The Morgan fingerprint density at radius 1 is 1.22 bits per heavy atom. The Labute approximate surface area is 133 Å². The van der Waals surface area contributed by atoms with Crippen LogP contribution in [0.3, 0.4) is 0 Å². The minimum atomic E-state index is -0.482. The molecule has 0 saturated heterocycles. The Morgan fingerprint density at radius 3 is 2.65 bits per heavy atom. The van der Waals surface area contributed by atoms with Crippen molar-refractivity contribution >= 4 is 17.3 Å². The minimum Gasteiger partial charge on any atom is -0.398 e. The van der Waals surface area contributed by atoms with E-state index in [-0.39, 0.29) is 22.8 Å². The molecule has 6 heteroatoms. The fraction of sp³-hybridized carbons (Fsp3) is 0.235. The summed E-state index contributed by atoms with van der Waals surface area (Å²) in [5.41, 5.74) is 7.29. The van der Waals surface area contributed by atoms with Gasteiger partial charge in [-0.15, -0.1) is 0 Å². The molecule has 0 atom stereocenters. The number of carbonyl (C=O) groups excluding carboxylic acids is 1. The van der Waals surface area contributed by atoms with Crippen LogP contribution in [-0.2, 0) is 0 Å². The van der Waals surface area contributed by atoms with Crippen molar-refractivity contribution in [2.24, 2.45) is 5.92 Å². The van der Waals surface area contributed by atoms with E-state index in [1.54, 1.807) is 30.3 Å². The Hall–Kier alpha value is -2.89. The van der Waals surface area contributed by atoms with Gasteiger partial charge in [0, 0.05) is 29.4 Å². The number of benzene rings is 2. The van der Waals surface area contributed by atoms with Crippen LogP contribution < -0.4 is 11.1 Å². The van der Waals surface area contributed by atoms with Crippen molar-refractivity contribution in [2.75, 3.05) is 12.3 Å². The quantitative estimate of drug-likeness (QED) is 0.504. The third kappa shape index (κ3) is 3.15. The van der Waals surface area contributed by atoms with Gasteiger partial charge >= 0.3 is 0 Å². The molecule has 1 aliphatic carbocycles. The summed E-state index contributed by atoms with van der Waals surface area (Å²) in [6.07, 6.45) is 2.28. The van der Waals surface area contributed by atoms with E-state index in [9.17, 15) is 14.9 Å². The summed E-state index contributed by atoms with van der Waals surface area (Å²) in [7, 11) is 0. The maximum Gasteiger partial charge on any atom is 0.279 e. The first-order chi connectivity index (χ1) is 11.1. The first-order valence-corrected chi connectivity index (χ1v) is 7.48. The van der Waals surface area contributed by atoms with E-state index >= 15 is 0 Å². The molecule has 0 aromatic heterocycles. The zero-order valence-corrected chi connectivity index (χ0v) is 12.5. The van der Waals surface area contributed by atoms with E-state index in [0.717, 1.165) is 12.8 Å². The van der Waals surface area contributed by atoms with Gasteiger partial charge in [0.15, 0.2) is 0 Å². The van der Waals surface area contributed by atoms with Crippen molar-refractivity contribution in [3.63, 3.8) is 0 Å². The molecule has 1 saturated carbocycles. The second kappa shape index (κ2) is 6.08. The van der Waals surface area contributed by atoms with Crippen LogP contribution in [0.15, 0.2) is 42.5 Å². The van der Waals surface area contributed by atoms with Gasteiger partial charge < -0.3 is 11.1 Å². The SMILES string of the molecule is Nc1cccc([N+](=O)[O-])c1-c1ccccc1C(=O)NCC1CC1. The Kier molecular flexibility index (Phi) is 3.97. The summed E-state index contributed by atoms with van der Waals surface area (Å²) >= 11 is 0. The molecule has 0 heterocycles. The van der Waals surface area contributed by atoms with Gasteiger partial charge in [-0.25, -0.2) is 0 Å². The van der Waals surface area contributed by atoms with Crippen LogP contribution in [0.25, 0.3) is 11.1 Å². The average Bonchev–Trinajstić information content (AvgIpc) is 3.36. The predicted octanol–water partition coefficient (Wildman–Crippen LogP) is 2.98.